The molecule has 0 aromatic carbocycles. The van der Waals surface area contributed by atoms with E-state index in [2.05, 4.69) is 31.4 Å². The molecular weight excluding hydrogens is 338 g/mol. The third-order valence-corrected chi connectivity index (χ3v) is 5.92. The maximum Gasteiger partial charge on any atom is 0.325 e. The lowest BCUT2D eigenvalue weighted by molar-refractivity contribution is -0.136. The smallest absolute Gasteiger partial charge is 0.324 e. The molecule has 2 N–H and O–H groups in total. The normalized spacial score (nSPS) is 28.3. The van der Waals surface area contributed by atoms with E-state index in [1.54, 1.807) is 0 Å². The molecule has 1 saturated carbocycles. The Bertz CT molecular complexity index is 727. The van der Waals surface area contributed by atoms with Crippen LogP contribution in [-0.2, 0) is 9.59 Å². The first-order chi connectivity index (χ1) is 11.6. The molecule has 6 nitrogen and oxygen atoms in total. The number of hydrogen-bond donors (Lipinski definition) is 2. The van der Waals surface area contributed by atoms with E-state index >= 15 is 0 Å². The summed E-state index contributed by atoms with van der Waals surface area (Å²) in [6.45, 7) is 8.00. The molecule has 25 heavy (non-hydrogen) atoms. The maximum absolute atomic E-state index is 13.0. The number of rotatable bonds is 3. The van der Waals surface area contributed by atoms with E-state index in [9.17, 15) is 14.4 Å². The minimum Gasteiger partial charge on any atom is -0.324 e. The van der Waals surface area contributed by atoms with Crippen molar-refractivity contribution in [3.05, 3.63) is 16.3 Å². The van der Waals surface area contributed by atoms with Gasteiger partial charge in [0.1, 0.15) is 12.1 Å². The van der Waals surface area contributed by atoms with Crippen LogP contribution in [0.25, 0.3) is 0 Å². The van der Waals surface area contributed by atoms with Crippen LogP contribution in [0.2, 0.25) is 0 Å². The summed E-state index contributed by atoms with van der Waals surface area (Å²) in [6.07, 6.45) is 2.26. The predicted molar refractivity (Wildman–Crippen MR) is 97.5 cm³/mol. The molecule has 2 atom stereocenters. The van der Waals surface area contributed by atoms with E-state index in [0.717, 1.165) is 22.6 Å². The quantitative estimate of drug-likeness (QED) is 0.810. The van der Waals surface area contributed by atoms with Crippen LogP contribution >= 0.6 is 11.3 Å². The fourth-order valence-corrected chi connectivity index (χ4v) is 5.25. The van der Waals surface area contributed by atoms with Gasteiger partial charge in [-0.2, -0.15) is 0 Å². The standard InChI is InChI=1S/C18H25N3O3S/c1-11-5-17(3,4)10-18(6-11)15(23)21(16(24)20-18)7-14(22)19-13-9-25-8-12(13)2/h8-9,11H,5-7,10H2,1-4H3,(H,19,22)(H,20,24). The van der Waals surface area contributed by atoms with E-state index in [0.29, 0.717) is 18.8 Å². The fraction of sp³-hybridized carbons (Fsp3) is 0.611. The molecule has 2 fully saturated rings. The molecule has 0 bridgehead atoms. The Kier molecular flexibility index (Phi) is 4.39. The van der Waals surface area contributed by atoms with E-state index in [-0.39, 0.29) is 23.8 Å². The van der Waals surface area contributed by atoms with Gasteiger partial charge in [0, 0.05) is 5.38 Å². The molecule has 136 valence electrons. The number of nitrogens with one attached hydrogen (secondary N) is 2. The number of nitrogens with zero attached hydrogens (tertiary/aromatic N) is 1. The number of urea groups is 1. The first-order valence-corrected chi connectivity index (χ1v) is 9.53. The summed E-state index contributed by atoms with van der Waals surface area (Å²) in [6, 6.07) is -0.466. The van der Waals surface area contributed by atoms with Crippen LogP contribution in [0.1, 0.15) is 45.6 Å². The first-order valence-electron chi connectivity index (χ1n) is 8.59. The second kappa shape index (κ2) is 6.12. The summed E-state index contributed by atoms with van der Waals surface area (Å²) in [5, 5.41) is 9.44. The molecule has 2 aliphatic rings. The van der Waals surface area contributed by atoms with Crippen molar-refractivity contribution >= 4 is 34.9 Å². The van der Waals surface area contributed by atoms with Crippen molar-refractivity contribution in [3.8, 4) is 0 Å². The summed E-state index contributed by atoms with van der Waals surface area (Å²) in [5.74, 6) is -0.283. The van der Waals surface area contributed by atoms with E-state index in [1.165, 1.54) is 11.3 Å². The Morgan fingerprint density at radius 1 is 1.36 bits per heavy atom. The summed E-state index contributed by atoms with van der Waals surface area (Å²) < 4.78 is 0. The maximum atomic E-state index is 13.0. The Morgan fingerprint density at radius 3 is 2.68 bits per heavy atom. The topological polar surface area (TPSA) is 78.5 Å². The molecule has 1 saturated heterocycles. The number of hydrogen-bond acceptors (Lipinski definition) is 4. The molecule has 1 aromatic heterocycles. The molecule has 7 heteroatoms. The van der Waals surface area contributed by atoms with Crippen LogP contribution in [0.4, 0.5) is 10.5 Å². The summed E-state index contributed by atoms with van der Waals surface area (Å²) in [7, 11) is 0. The van der Waals surface area contributed by atoms with Gasteiger partial charge < -0.3 is 10.6 Å². The fourth-order valence-electron chi connectivity index (χ4n) is 4.47. The van der Waals surface area contributed by atoms with E-state index in [1.807, 2.05) is 17.7 Å². The van der Waals surface area contributed by atoms with Gasteiger partial charge in [-0.1, -0.05) is 20.8 Å². The molecule has 1 aromatic rings. The Labute approximate surface area is 152 Å². The molecule has 4 amide bonds. The van der Waals surface area contributed by atoms with Gasteiger partial charge in [0.25, 0.3) is 5.91 Å². The third-order valence-electron chi connectivity index (χ3n) is 5.06. The van der Waals surface area contributed by atoms with E-state index < -0.39 is 11.6 Å². The largest absolute Gasteiger partial charge is 0.325 e. The minimum atomic E-state index is -0.864. The Balaban J connectivity index is 1.73. The van der Waals surface area contributed by atoms with Gasteiger partial charge in [-0.15, -0.1) is 11.3 Å². The monoisotopic (exact) mass is 363 g/mol. The number of carbonyl (C=O) groups is 3. The van der Waals surface area contributed by atoms with Crippen molar-refractivity contribution in [3.63, 3.8) is 0 Å². The van der Waals surface area contributed by atoms with E-state index in [4.69, 9.17) is 0 Å². The van der Waals surface area contributed by atoms with Crippen LogP contribution in [-0.4, -0.2) is 34.8 Å². The van der Waals surface area contributed by atoms with Crippen LogP contribution in [0.15, 0.2) is 10.8 Å². The minimum absolute atomic E-state index is 0.0212. The molecule has 2 heterocycles. The van der Waals surface area contributed by atoms with Crippen molar-refractivity contribution in [1.29, 1.82) is 0 Å². The third kappa shape index (κ3) is 3.42. The first kappa shape index (κ1) is 17.9. The lowest BCUT2D eigenvalue weighted by Crippen LogP contribution is -2.54. The van der Waals surface area contributed by atoms with Crippen molar-refractivity contribution in [2.45, 2.75) is 52.5 Å². The highest BCUT2D eigenvalue weighted by Gasteiger charge is 2.56. The van der Waals surface area contributed by atoms with Crippen LogP contribution in [0.5, 0.6) is 0 Å². The number of anilines is 1. The van der Waals surface area contributed by atoms with Crippen molar-refractivity contribution in [2.75, 3.05) is 11.9 Å². The lowest BCUT2D eigenvalue weighted by atomic mass is 9.64. The predicted octanol–water partition coefficient (Wildman–Crippen LogP) is 3.13. The molecular formula is C18H25N3O3S. The second-order valence-corrected chi connectivity index (χ2v) is 9.02. The second-order valence-electron chi connectivity index (χ2n) is 8.27. The zero-order chi connectivity index (χ0) is 18.4. The van der Waals surface area contributed by atoms with Crippen molar-refractivity contribution in [1.82, 2.24) is 10.2 Å². The van der Waals surface area contributed by atoms with Crippen LogP contribution in [0, 0.1) is 18.3 Å². The Morgan fingerprint density at radius 2 is 2.08 bits per heavy atom. The SMILES string of the molecule is Cc1cscc1NC(=O)CN1C(=O)NC2(CC(C)CC(C)(C)C2)C1=O. The van der Waals surface area contributed by atoms with Gasteiger partial charge >= 0.3 is 6.03 Å². The number of aryl methyl sites for hydroxylation is 1. The number of imide groups is 1. The van der Waals surface area contributed by atoms with Gasteiger partial charge in [-0.05, 0) is 48.5 Å². The van der Waals surface area contributed by atoms with Crippen molar-refractivity contribution in [2.24, 2.45) is 11.3 Å². The van der Waals surface area contributed by atoms with Gasteiger partial charge in [0.05, 0.1) is 5.69 Å². The lowest BCUT2D eigenvalue weighted by Gasteiger charge is -2.43. The summed E-state index contributed by atoms with van der Waals surface area (Å²) >= 11 is 1.50. The molecule has 2 unspecified atom stereocenters. The van der Waals surface area contributed by atoms with Crippen molar-refractivity contribution < 1.29 is 14.4 Å². The summed E-state index contributed by atoms with van der Waals surface area (Å²) in [5.41, 5.74) is 0.808. The molecule has 1 spiro atoms. The number of carbonyl (C=O) groups excluding carboxylic acids is 3. The van der Waals surface area contributed by atoms with Crippen LogP contribution < -0.4 is 10.6 Å². The number of amides is 4. The molecule has 0 radical (unpaired) electrons. The zero-order valence-corrected chi connectivity index (χ0v) is 16.0. The van der Waals surface area contributed by atoms with Gasteiger partial charge in [0.15, 0.2) is 0 Å². The molecule has 1 aliphatic heterocycles. The zero-order valence-electron chi connectivity index (χ0n) is 15.1. The number of thiophene rings is 1. The average Bonchev–Trinajstić information content (AvgIpc) is 2.94. The van der Waals surface area contributed by atoms with Gasteiger partial charge in [0.2, 0.25) is 5.91 Å². The highest BCUT2D eigenvalue weighted by atomic mass is 32.1. The molecule has 3 rings (SSSR count). The molecule has 1 aliphatic carbocycles. The highest BCUT2D eigenvalue weighted by molar-refractivity contribution is 7.08. The summed E-state index contributed by atoms with van der Waals surface area (Å²) in [4.78, 5) is 38.7. The highest BCUT2D eigenvalue weighted by Crippen LogP contribution is 2.46. The average molecular weight is 363 g/mol. The van der Waals surface area contributed by atoms with Gasteiger partial charge in [-0.3, -0.25) is 14.5 Å². The Hall–Kier alpha value is -1.89. The van der Waals surface area contributed by atoms with Gasteiger partial charge in [-0.25, -0.2) is 4.79 Å². The van der Waals surface area contributed by atoms with Crippen LogP contribution in [0.3, 0.4) is 0 Å².